The molecule has 3 nitrogen and oxygen atoms in total. The van der Waals surface area contributed by atoms with E-state index in [2.05, 4.69) is 6.07 Å². The molecule has 94 valence electrons. The minimum absolute atomic E-state index is 0.166. The lowest BCUT2D eigenvalue weighted by atomic mass is 10.1. The predicted molar refractivity (Wildman–Crippen MR) is 70.1 cm³/mol. The Morgan fingerprint density at radius 3 is 2.61 bits per heavy atom. The van der Waals surface area contributed by atoms with Crippen molar-refractivity contribution in [3.05, 3.63) is 42.7 Å². The number of nitrogens with zero attached hydrogens (tertiary/aromatic N) is 1. The van der Waals surface area contributed by atoms with Gasteiger partial charge >= 0.3 is 5.97 Å². The summed E-state index contributed by atoms with van der Waals surface area (Å²) in [5.74, 6) is -0.166. The molecule has 0 aliphatic carbocycles. The van der Waals surface area contributed by atoms with Crippen molar-refractivity contribution in [1.82, 2.24) is 0 Å². The summed E-state index contributed by atoms with van der Waals surface area (Å²) < 4.78 is 7.03. The minimum atomic E-state index is -0.241. The number of fused-ring (bicyclic) bond motifs is 1. The summed E-state index contributed by atoms with van der Waals surface area (Å²) in [4.78, 5) is 11.9. The van der Waals surface area contributed by atoms with Gasteiger partial charge in [-0.1, -0.05) is 25.1 Å². The number of benzene rings is 1. The molecule has 3 heteroatoms. The van der Waals surface area contributed by atoms with Gasteiger partial charge in [0.05, 0.1) is 6.61 Å². The van der Waals surface area contributed by atoms with E-state index >= 15 is 0 Å². The van der Waals surface area contributed by atoms with Crippen molar-refractivity contribution in [2.24, 2.45) is 0 Å². The van der Waals surface area contributed by atoms with Gasteiger partial charge in [-0.05, 0) is 18.4 Å². The van der Waals surface area contributed by atoms with Gasteiger partial charge in [-0.2, -0.15) is 4.57 Å². The van der Waals surface area contributed by atoms with Gasteiger partial charge in [0.2, 0.25) is 0 Å². The quantitative estimate of drug-likeness (QED) is 0.611. The molecule has 1 aromatic heterocycles. The van der Waals surface area contributed by atoms with E-state index in [0.717, 1.165) is 11.8 Å². The Morgan fingerprint density at radius 2 is 1.94 bits per heavy atom. The van der Waals surface area contributed by atoms with Crippen molar-refractivity contribution in [2.45, 2.75) is 26.3 Å². The van der Waals surface area contributed by atoms with E-state index in [9.17, 15) is 4.79 Å². The Labute approximate surface area is 107 Å². The van der Waals surface area contributed by atoms with Gasteiger partial charge in [0.25, 0.3) is 6.04 Å². The summed E-state index contributed by atoms with van der Waals surface area (Å²) in [6.07, 6.45) is 4.66. The van der Waals surface area contributed by atoms with Crippen LogP contribution in [0.15, 0.2) is 42.7 Å². The summed E-state index contributed by atoms with van der Waals surface area (Å²) in [6, 6.07) is 9.90. The predicted octanol–water partition coefficient (Wildman–Crippen LogP) is 2.64. The lowest BCUT2D eigenvalue weighted by Crippen LogP contribution is -2.43. The SMILES string of the molecule is CCOC(=O)C(CC)[n+]1ccc2ccccc2c1. The summed E-state index contributed by atoms with van der Waals surface area (Å²) in [5, 5.41) is 2.30. The first kappa shape index (κ1) is 12.6. The van der Waals surface area contributed by atoms with Gasteiger partial charge in [0.1, 0.15) is 0 Å². The number of carbonyl (C=O) groups excluding carboxylic acids is 1. The molecular weight excluding hydrogens is 226 g/mol. The highest BCUT2D eigenvalue weighted by atomic mass is 16.5. The first-order valence-electron chi connectivity index (χ1n) is 6.32. The number of rotatable bonds is 4. The molecule has 2 rings (SSSR count). The number of pyridine rings is 1. The highest BCUT2D eigenvalue weighted by molar-refractivity contribution is 5.80. The van der Waals surface area contributed by atoms with Gasteiger partial charge in [-0.3, -0.25) is 0 Å². The van der Waals surface area contributed by atoms with Crippen molar-refractivity contribution < 1.29 is 14.1 Å². The van der Waals surface area contributed by atoms with Gasteiger partial charge in [0, 0.05) is 17.9 Å². The third-order valence-electron chi connectivity index (χ3n) is 3.02. The first-order valence-corrected chi connectivity index (χ1v) is 6.32. The second-order valence-electron chi connectivity index (χ2n) is 4.20. The molecule has 1 aromatic carbocycles. The molecule has 18 heavy (non-hydrogen) atoms. The summed E-state index contributed by atoms with van der Waals surface area (Å²) in [5.41, 5.74) is 0. The Hall–Kier alpha value is -1.90. The van der Waals surface area contributed by atoms with Crippen LogP contribution < -0.4 is 4.57 Å². The molecule has 0 N–H and O–H groups in total. The minimum Gasteiger partial charge on any atom is -0.461 e. The van der Waals surface area contributed by atoms with Crippen molar-refractivity contribution >= 4 is 16.7 Å². The van der Waals surface area contributed by atoms with Crippen LogP contribution in [0.3, 0.4) is 0 Å². The molecular formula is C15H18NO2+. The van der Waals surface area contributed by atoms with Crippen LogP contribution in [0.5, 0.6) is 0 Å². The van der Waals surface area contributed by atoms with Crippen molar-refractivity contribution in [1.29, 1.82) is 0 Å². The van der Waals surface area contributed by atoms with Crippen LogP contribution in [0, 0.1) is 0 Å². The second-order valence-corrected chi connectivity index (χ2v) is 4.20. The summed E-state index contributed by atoms with van der Waals surface area (Å²) in [7, 11) is 0. The Bertz CT molecular complexity index is 551. The first-order chi connectivity index (χ1) is 8.76. The van der Waals surface area contributed by atoms with Crippen LogP contribution in [0.1, 0.15) is 26.3 Å². The highest BCUT2D eigenvalue weighted by Gasteiger charge is 2.26. The molecule has 0 fully saturated rings. The Kier molecular flexibility index (Phi) is 3.92. The smallest absolute Gasteiger partial charge is 0.375 e. The molecule has 0 saturated carbocycles. The van der Waals surface area contributed by atoms with E-state index < -0.39 is 0 Å². The highest BCUT2D eigenvalue weighted by Crippen LogP contribution is 2.12. The van der Waals surface area contributed by atoms with Crippen LogP contribution in [0.25, 0.3) is 10.8 Å². The maximum absolute atomic E-state index is 11.9. The number of aromatic nitrogens is 1. The lowest BCUT2D eigenvalue weighted by Gasteiger charge is -2.09. The molecule has 1 unspecified atom stereocenters. The van der Waals surface area contributed by atoms with Crippen LogP contribution in [-0.2, 0) is 9.53 Å². The average Bonchev–Trinajstić information content (AvgIpc) is 2.40. The molecule has 0 aliphatic rings. The molecule has 0 aliphatic heterocycles. The number of carbonyl (C=O) groups is 1. The molecule has 0 radical (unpaired) electrons. The summed E-state index contributed by atoms with van der Waals surface area (Å²) >= 11 is 0. The van der Waals surface area contributed by atoms with E-state index in [1.54, 1.807) is 0 Å². The Morgan fingerprint density at radius 1 is 1.22 bits per heavy atom. The molecule has 2 aromatic rings. The zero-order valence-corrected chi connectivity index (χ0v) is 10.8. The van der Waals surface area contributed by atoms with E-state index in [1.807, 2.05) is 55.1 Å². The second kappa shape index (κ2) is 5.63. The maximum atomic E-state index is 11.9. The van der Waals surface area contributed by atoms with Gasteiger partial charge in [-0.15, -0.1) is 0 Å². The summed E-state index contributed by atoms with van der Waals surface area (Å²) in [6.45, 7) is 4.24. The molecule has 1 atom stereocenters. The normalized spacial score (nSPS) is 12.3. The fourth-order valence-electron chi connectivity index (χ4n) is 2.08. The monoisotopic (exact) mass is 244 g/mol. The van der Waals surface area contributed by atoms with Crippen molar-refractivity contribution in [2.75, 3.05) is 6.61 Å². The third kappa shape index (κ3) is 2.50. The van der Waals surface area contributed by atoms with Gasteiger partial charge < -0.3 is 4.74 Å². The fraction of sp³-hybridized carbons (Fsp3) is 0.333. The molecule has 0 saturated heterocycles. The largest absolute Gasteiger partial charge is 0.461 e. The van der Waals surface area contributed by atoms with E-state index in [-0.39, 0.29) is 12.0 Å². The molecule has 1 heterocycles. The van der Waals surface area contributed by atoms with E-state index in [1.165, 1.54) is 5.39 Å². The van der Waals surface area contributed by atoms with Gasteiger partial charge in [0.15, 0.2) is 12.4 Å². The molecule has 0 amide bonds. The third-order valence-corrected chi connectivity index (χ3v) is 3.02. The fourth-order valence-corrected chi connectivity index (χ4v) is 2.08. The lowest BCUT2D eigenvalue weighted by molar-refractivity contribution is -0.709. The number of esters is 1. The Balaban J connectivity index is 2.36. The van der Waals surface area contributed by atoms with Crippen LogP contribution in [0.4, 0.5) is 0 Å². The van der Waals surface area contributed by atoms with Crippen molar-refractivity contribution in [3.8, 4) is 0 Å². The van der Waals surface area contributed by atoms with Crippen LogP contribution in [-0.4, -0.2) is 12.6 Å². The number of hydrogen-bond donors (Lipinski definition) is 0. The zero-order chi connectivity index (χ0) is 13.0. The molecule has 0 spiro atoms. The average molecular weight is 244 g/mol. The van der Waals surface area contributed by atoms with Crippen LogP contribution >= 0.6 is 0 Å². The molecule has 0 bridgehead atoms. The zero-order valence-electron chi connectivity index (χ0n) is 10.8. The number of hydrogen-bond acceptors (Lipinski definition) is 2. The van der Waals surface area contributed by atoms with E-state index in [0.29, 0.717) is 6.61 Å². The van der Waals surface area contributed by atoms with Crippen LogP contribution in [0.2, 0.25) is 0 Å². The van der Waals surface area contributed by atoms with Gasteiger partial charge in [-0.25, -0.2) is 4.79 Å². The van der Waals surface area contributed by atoms with Crippen molar-refractivity contribution in [3.63, 3.8) is 0 Å². The standard InChI is InChI=1S/C15H18NO2/c1-3-14(15(17)18-4-2)16-10-9-12-7-5-6-8-13(12)11-16/h5-11,14H,3-4H2,1-2H3/q+1. The van der Waals surface area contributed by atoms with E-state index in [4.69, 9.17) is 4.74 Å². The maximum Gasteiger partial charge on any atom is 0.375 e. The number of ether oxygens (including phenoxy) is 1. The topological polar surface area (TPSA) is 30.2 Å².